The van der Waals surface area contributed by atoms with E-state index in [1.54, 1.807) is 25.1 Å². The first-order valence-corrected chi connectivity index (χ1v) is 5.92. The third-order valence-electron chi connectivity index (χ3n) is 2.21. The molecule has 94 valence electrons. The van der Waals surface area contributed by atoms with Gasteiger partial charge in [0.15, 0.2) is 11.9 Å². The molecule has 0 fully saturated rings. The van der Waals surface area contributed by atoms with Gasteiger partial charge < -0.3 is 15.8 Å². The number of anilines is 1. The van der Waals surface area contributed by atoms with Gasteiger partial charge in [0, 0.05) is 6.54 Å². The van der Waals surface area contributed by atoms with Gasteiger partial charge in [-0.25, -0.2) is 0 Å². The first-order valence-electron chi connectivity index (χ1n) is 5.54. The molecule has 3 N–H and O–H groups in total. The van der Waals surface area contributed by atoms with E-state index >= 15 is 0 Å². The van der Waals surface area contributed by atoms with Crippen LogP contribution in [0.1, 0.15) is 20.3 Å². The summed E-state index contributed by atoms with van der Waals surface area (Å²) >= 11 is 5.95. The number of hydrogen-bond acceptors (Lipinski definition) is 3. The van der Waals surface area contributed by atoms with E-state index in [-0.39, 0.29) is 5.91 Å². The fraction of sp³-hybridized carbons (Fsp3) is 0.417. The second-order valence-electron chi connectivity index (χ2n) is 3.71. The maximum Gasteiger partial charge on any atom is 0.260 e. The Labute approximate surface area is 106 Å². The van der Waals surface area contributed by atoms with Gasteiger partial charge in [-0.05, 0) is 25.5 Å². The Kier molecular flexibility index (Phi) is 5.10. The summed E-state index contributed by atoms with van der Waals surface area (Å²) in [5, 5.41) is 3.15. The minimum atomic E-state index is -0.622. The lowest BCUT2D eigenvalue weighted by molar-refractivity contribution is -0.127. The number of ether oxygens (including phenoxy) is 1. The van der Waals surface area contributed by atoms with E-state index in [2.05, 4.69) is 5.32 Å². The molecule has 17 heavy (non-hydrogen) atoms. The van der Waals surface area contributed by atoms with E-state index in [0.29, 0.717) is 23.0 Å². The van der Waals surface area contributed by atoms with Crippen molar-refractivity contribution in [2.24, 2.45) is 0 Å². The third kappa shape index (κ3) is 3.82. The zero-order valence-electron chi connectivity index (χ0n) is 10.00. The molecule has 0 saturated heterocycles. The number of rotatable bonds is 5. The van der Waals surface area contributed by atoms with Crippen molar-refractivity contribution in [2.75, 3.05) is 12.3 Å². The van der Waals surface area contributed by atoms with Gasteiger partial charge in [-0.2, -0.15) is 0 Å². The predicted octanol–water partition coefficient (Wildman–Crippen LogP) is 2.22. The quantitative estimate of drug-likeness (QED) is 0.794. The molecular formula is C12H17ClN2O2. The summed E-state index contributed by atoms with van der Waals surface area (Å²) in [6.45, 7) is 4.27. The normalized spacial score (nSPS) is 11.9. The van der Waals surface area contributed by atoms with Gasteiger partial charge >= 0.3 is 0 Å². The second kappa shape index (κ2) is 6.35. The van der Waals surface area contributed by atoms with Crippen molar-refractivity contribution in [2.45, 2.75) is 26.4 Å². The summed E-state index contributed by atoms with van der Waals surface area (Å²) in [6, 6.07) is 5.08. The van der Waals surface area contributed by atoms with Crippen molar-refractivity contribution in [3.63, 3.8) is 0 Å². The highest BCUT2D eigenvalue weighted by Crippen LogP contribution is 2.31. The fourth-order valence-corrected chi connectivity index (χ4v) is 1.50. The molecule has 0 spiro atoms. The highest BCUT2D eigenvalue weighted by Gasteiger charge is 2.16. The Balaban J connectivity index is 2.67. The van der Waals surface area contributed by atoms with Crippen LogP contribution in [0, 0.1) is 0 Å². The largest absolute Gasteiger partial charge is 0.477 e. The number of halogens is 1. The molecule has 0 aliphatic rings. The van der Waals surface area contributed by atoms with Gasteiger partial charge in [-0.15, -0.1) is 0 Å². The molecule has 5 heteroatoms. The number of nitrogen functional groups attached to an aromatic ring is 1. The third-order valence-corrected chi connectivity index (χ3v) is 2.51. The maximum atomic E-state index is 11.6. The summed E-state index contributed by atoms with van der Waals surface area (Å²) in [5.74, 6) is 0.180. The summed E-state index contributed by atoms with van der Waals surface area (Å²) < 4.78 is 5.47. The molecule has 0 aliphatic carbocycles. The molecule has 0 radical (unpaired) electrons. The van der Waals surface area contributed by atoms with E-state index in [4.69, 9.17) is 22.1 Å². The smallest absolute Gasteiger partial charge is 0.260 e. The summed E-state index contributed by atoms with van der Waals surface area (Å²) in [4.78, 5) is 11.6. The molecule has 0 aromatic heterocycles. The Bertz CT molecular complexity index is 376. The van der Waals surface area contributed by atoms with Crippen LogP contribution in [0.2, 0.25) is 5.02 Å². The van der Waals surface area contributed by atoms with Crippen LogP contribution in [0.15, 0.2) is 18.2 Å². The molecule has 1 aromatic carbocycles. The first kappa shape index (κ1) is 13.6. The molecule has 1 rings (SSSR count). The molecule has 1 atom stereocenters. The van der Waals surface area contributed by atoms with Crippen molar-refractivity contribution in [3.05, 3.63) is 23.2 Å². The lowest BCUT2D eigenvalue weighted by atomic mass is 10.3. The predicted molar refractivity (Wildman–Crippen MR) is 69.3 cm³/mol. The average Bonchev–Trinajstić information content (AvgIpc) is 2.30. The highest BCUT2D eigenvalue weighted by atomic mass is 35.5. The SMILES string of the molecule is CCCNC(=O)C(C)Oc1c(N)cccc1Cl. The Hall–Kier alpha value is -1.42. The van der Waals surface area contributed by atoms with E-state index in [1.807, 2.05) is 6.92 Å². The lowest BCUT2D eigenvalue weighted by Gasteiger charge is -2.16. The van der Waals surface area contributed by atoms with Crippen LogP contribution in [-0.2, 0) is 4.79 Å². The van der Waals surface area contributed by atoms with E-state index in [0.717, 1.165) is 6.42 Å². The van der Waals surface area contributed by atoms with Crippen LogP contribution in [0.5, 0.6) is 5.75 Å². The van der Waals surface area contributed by atoms with Crippen molar-refractivity contribution in [1.29, 1.82) is 0 Å². The molecule has 0 saturated carbocycles. The van der Waals surface area contributed by atoms with Gasteiger partial charge in [-0.1, -0.05) is 24.6 Å². The van der Waals surface area contributed by atoms with Crippen LogP contribution >= 0.6 is 11.6 Å². The van der Waals surface area contributed by atoms with Crippen molar-refractivity contribution >= 4 is 23.2 Å². The summed E-state index contributed by atoms with van der Waals surface area (Å²) in [5.41, 5.74) is 6.15. The van der Waals surface area contributed by atoms with Gasteiger partial charge in [-0.3, -0.25) is 4.79 Å². The maximum absolute atomic E-state index is 11.6. The minimum Gasteiger partial charge on any atom is -0.477 e. The van der Waals surface area contributed by atoms with Crippen LogP contribution < -0.4 is 15.8 Å². The number of hydrogen-bond donors (Lipinski definition) is 2. The Morgan fingerprint density at radius 2 is 2.29 bits per heavy atom. The van der Waals surface area contributed by atoms with Crippen LogP contribution in [-0.4, -0.2) is 18.6 Å². The number of carbonyl (C=O) groups excluding carboxylic acids is 1. The number of benzene rings is 1. The monoisotopic (exact) mass is 256 g/mol. The van der Waals surface area contributed by atoms with Crippen LogP contribution in [0.4, 0.5) is 5.69 Å². The topological polar surface area (TPSA) is 64.3 Å². The Morgan fingerprint density at radius 3 is 2.88 bits per heavy atom. The molecular weight excluding hydrogens is 240 g/mol. The molecule has 0 heterocycles. The fourth-order valence-electron chi connectivity index (χ4n) is 1.27. The van der Waals surface area contributed by atoms with Gasteiger partial charge in [0.05, 0.1) is 10.7 Å². The molecule has 4 nitrogen and oxygen atoms in total. The molecule has 0 bridgehead atoms. The molecule has 1 unspecified atom stereocenters. The number of carbonyl (C=O) groups is 1. The van der Waals surface area contributed by atoms with Crippen LogP contribution in [0.3, 0.4) is 0 Å². The standard InChI is InChI=1S/C12H17ClN2O2/c1-3-7-15-12(16)8(2)17-11-9(13)5-4-6-10(11)14/h4-6,8H,3,7,14H2,1-2H3,(H,15,16). The Morgan fingerprint density at radius 1 is 1.59 bits per heavy atom. The van der Waals surface area contributed by atoms with Gasteiger partial charge in [0.25, 0.3) is 5.91 Å². The first-order chi connectivity index (χ1) is 8.06. The van der Waals surface area contributed by atoms with Crippen molar-refractivity contribution in [1.82, 2.24) is 5.32 Å². The molecule has 1 aromatic rings. The minimum absolute atomic E-state index is 0.175. The van der Waals surface area contributed by atoms with Gasteiger partial charge in [0.2, 0.25) is 0 Å². The van der Waals surface area contributed by atoms with E-state index in [9.17, 15) is 4.79 Å². The van der Waals surface area contributed by atoms with Crippen molar-refractivity contribution < 1.29 is 9.53 Å². The van der Waals surface area contributed by atoms with E-state index < -0.39 is 6.10 Å². The van der Waals surface area contributed by atoms with Gasteiger partial charge in [0.1, 0.15) is 0 Å². The zero-order valence-corrected chi connectivity index (χ0v) is 10.8. The zero-order chi connectivity index (χ0) is 12.8. The number of nitrogens with two attached hydrogens (primary N) is 1. The highest BCUT2D eigenvalue weighted by molar-refractivity contribution is 6.32. The van der Waals surface area contributed by atoms with E-state index in [1.165, 1.54) is 0 Å². The molecule has 0 aliphatic heterocycles. The number of amides is 1. The summed E-state index contributed by atoms with van der Waals surface area (Å²) in [6.07, 6.45) is 0.260. The number of para-hydroxylation sites is 1. The molecule has 1 amide bonds. The lowest BCUT2D eigenvalue weighted by Crippen LogP contribution is -2.36. The second-order valence-corrected chi connectivity index (χ2v) is 4.12. The average molecular weight is 257 g/mol. The van der Waals surface area contributed by atoms with Crippen LogP contribution in [0.25, 0.3) is 0 Å². The van der Waals surface area contributed by atoms with Crippen molar-refractivity contribution in [3.8, 4) is 5.75 Å². The summed E-state index contributed by atoms with van der Waals surface area (Å²) in [7, 11) is 0. The number of nitrogens with one attached hydrogen (secondary N) is 1.